The molecule has 0 aromatic carbocycles. The van der Waals surface area contributed by atoms with Gasteiger partial charge in [-0.3, -0.25) is 9.69 Å². The van der Waals surface area contributed by atoms with Crippen LogP contribution in [0.2, 0.25) is 0 Å². The first-order valence-electron chi connectivity index (χ1n) is 5.04. The van der Waals surface area contributed by atoms with Crippen LogP contribution in [0.15, 0.2) is 0 Å². The Morgan fingerprint density at radius 1 is 1.38 bits per heavy atom. The van der Waals surface area contributed by atoms with Crippen LogP contribution in [0.3, 0.4) is 0 Å². The van der Waals surface area contributed by atoms with E-state index in [2.05, 4.69) is 0 Å². The standard InChI is InChI=1S/C10H15F2NO3/c1-10(2,3)16-9(15)13-5-6(11)4-7(13)8(12)14/h6-7H,4-5H2,1-3H3. The maximum absolute atomic E-state index is 13.0. The number of alkyl halides is 1. The Morgan fingerprint density at radius 2 is 1.94 bits per heavy atom. The molecule has 4 nitrogen and oxygen atoms in total. The van der Waals surface area contributed by atoms with Crippen molar-refractivity contribution < 1.29 is 23.1 Å². The summed E-state index contributed by atoms with van der Waals surface area (Å²) in [6.07, 6.45) is -2.53. The molecule has 0 aliphatic carbocycles. The van der Waals surface area contributed by atoms with Crippen LogP contribution < -0.4 is 0 Å². The molecule has 0 N–H and O–H groups in total. The van der Waals surface area contributed by atoms with E-state index in [4.69, 9.17) is 4.74 Å². The molecule has 1 heterocycles. The van der Waals surface area contributed by atoms with Gasteiger partial charge in [0.15, 0.2) is 0 Å². The van der Waals surface area contributed by atoms with E-state index < -0.39 is 29.9 Å². The molecule has 92 valence electrons. The summed E-state index contributed by atoms with van der Waals surface area (Å²) in [7, 11) is 0. The Morgan fingerprint density at radius 3 is 2.38 bits per heavy atom. The fourth-order valence-corrected chi connectivity index (χ4v) is 1.52. The first kappa shape index (κ1) is 12.9. The molecule has 2 unspecified atom stereocenters. The molecule has 1 saturated heterocycles. The highest BCUT2D eigenvalue weighted by molar-refractivity contribution is 5.81. The van der Waals surface area contributed by atoms with Gasteiger partial charge in [-0.05, 0) is 20.8 Å². The molecule has 0 radical (unpaired) electrons. The van der Waals surface area contributed by atoms with Crippen LogP contribution in [0, 0.1) is 0 Å². The molecule has 1 fully saturated rings. The summed E-state index contributed by atoms with van der Waals surface area (Å²) in [6.45, 7) is 4.62. The van der Waals surface area contributed by atoms with Crippen molar-refractivity contribution in [1.29, 1.82) is 0 Å². The van der Waals surface area contributed by atoms with E-state index in [9.17, 15) is 18.4 Å². The summed E-state index contributed by atoms with van der Waals surface area (Å²) in [5, 5.41) is 0. The smallest absolute Gasteiger partial charge is 0.411 e. The number of carbonyl (C=O) groups is 2. The van der Waals surface area contributed by atoms with Crippen molar-refractivity contribution in [2.75, 3.05) is 6.54 Å². The number of carbonyl (C=O) groups excluding carboxylic acids is 2. The van der Waals surface area contributed by atoms with Crippen molar-refractivity contribution in [3.63, 3.8) is 0 Å². The maximum atomic E-state index is 13.0. The lowest BCUT2D eigenvalue weighted by Crippen LogP contribution is -2.42. The van der Waals surface area contributed by atoms with Crippen LogP contribution in [-0.4, -0.2) is 41.4 Å². The summed E-state index contributed by atoms with van der Waals surface area (Å²) >= 11 is 0. The number of rotatable bonds is 1. The Balaban J connectivity index is 2.71. The van der Waals surface area contributed by atoms with Gasteiger partial charge in [0, 0.05) is 6.42 Å². The van der Waals surface area contributed by atoms with Crippen molar-refractivity contribution in [2.24, 2.45) is 0 Å². The molecule has 1 rings (SSSR count). The van der Waals surface area contributed by atoms with Crippen molar-refractivity contribution in [1.82, 2.24) is 4.90 Å². The predicted molar refractivity (Wildman–Crippen MR) is 52.4 cm³/mol. The molecule has 1 amide bonds. The molecule has 0 aromatic heterocycles. The van der Waals surface area contributed by atoms with E-state index in [1.807, 2.05) is 0 Å². The second kappa shape index (κ2) is 4.35. The van der Waals surface area contributed by atoms with Crippen molar-refractivity contribution >= 4 is 12.1 Å². The zero-order valence-electron chi connectivity index (χ0n) is 9.50. The molecule has 6 heteroatoms. The Labute approximate surface area is 92.5 Å². The van der Waals surface area contributed by atoms with Crippen molar-refractivity contribution in [3.8, 4) is 0 Å². The second-order valence-electron chi connectivity index (χ2n) is 4.79. The van der Waals surface area contributed by atoms with Gasteiger partial charge in [-0.15, -0.1) is 0 Å². The topological polar surface area (TPSA) is 46.6 Å². The van der Waals surface area contributed by atoms with Gasteiger partial charge in [-0.2, -0.15) is 4.39 Å². The Hall–Kier alpha value is -1.20. The van der Waals surface area contributed by atoms with Crippen molar-refractivity contribution in [3.05, 3.63) is 0 Å². The molecule has 2 atom stereocenters. The van der Waals surface area contributed by atoms with Gasteiger partial charge in [0.25, 0.3) is 0 Å². The van der Waals surface area contributed by atoms with Gasteiger partial charge in [-0.25, -0.2) is 9.18 Å². The van der Waals surface area contributed by atoms with Gasteiger partial charge in [-0.1, -0.05) is 0 Å². The van der Waals surface area contributed by atoms with Gasteiger partial charge < -0.3 is 4.74 Å². The van der Waals surface area contributed by atoms with Crippen LogP contribution in [0.25, 0.3) is 0 Å². The van der Waals surface area contributed by atoms with Crippen molar-refractivity contribution in [2.45, 2.75) is 45.0 Å². The van der Waals surface area contributed by atoms with E-state index in [-0.39, 0.29) is 13.0 Å². The van der Waals surface area contributed by atoms with Gasteiger partial charge >= 0.3 is 12.1 Å². The number of amides is 1. The molecule has 16 heavy (non-hydrogen) atoms. The fraction of sp³-hybridized carbons (Fsp3) is 0.800. The molecule has 0 aromatic rings. The highest BCUT2D eigenvalue weighted by Crippen LogP contribution is 2.23. The lowest BCUT2D eigenvalue weighted by molar-refractivity contribution is -0.134. The highest BCUT2D eigenvalue weighted by atomic mass is 19.1. The van der Waals surface area contributed by atoms with Crippen LogP contribution >= 0.6 is 0 Å². The zero-order valence-corrected chi connectivity index (χ0v) is 9.50. The molecule has 1 aliphatic heterocycles. The third kappa shape index (κ3) is 3.15. The molecule has 1 aliphatic rings. The van der Waals surface area contributed by atoms with E-state index >= 15 is 0 Å². The fourth-order valence-electron chi connectivity index (χ4n) is 1.52. The van der Waals surface area contributed by atoms with Gasteiger partial charge in [0.05, 0.1) is 6.54 Å². The molecular weight excluding hydrogens is 220 g/mol. The van der Waals surface area contributed by atoms with E-state index in [0.29, 0.717) is 0 Å². The van der Waals surface area contributed by atoms with E-state index in [1.165, 1.54) is 0 Å². The largest absolute Gasteiger partial charge is 0.444 e. The lowest BCUT2D eigenvalue weighted by Gasteiger charge is -2.26. The number of hydrogen-bond acceptors (Lipinski definition) is 3. The third-order valence-electron chi connectivity index (χ3n) is 2.14. The summed E-state index contributed by atoms with van der Waals surface area (Å²) in [5.74, 6) is 0. The second-order valence-corrected chi connectivity index (χ2v) is 4.79. The number of nitrogens with zero attached hydrogens (tertiary/aromatic N) is 1. The Kier molecular flexibility index (Phi) is 3.50. The first-order valence-corrected chi connectivity index (χ1v) is 5.04. The molecule has 0 saturated carbocycles. The summed E-state index contributed by atoms with van der Waals surface area (Å²) in [6, 6.07) is -3.05. The number of likely N-dealkylation sites (tertiary alicyclic amines) is 1. The highest BCUT2D eigenvalue weighted by Gasteiger charge is 2.41. The van der Waals surface area contributed by atoms with Crippen LogP contribution in [0.5, 0.6) is 0 Å². The third-order valence-corrected chi connectivity index (χ3v) is 2.14. The molecule has 0 spiro atoms. The van der Waals surface area contributed by atoms with E-state index in [1.54, 1.807) is 20.8 Å². The average Bonchev–Trinajstić information content (AvgIpc) is 2.44. The number of ether oxygens (including phenoxy) is 1. The SMILES string of the molecule is CC(C)(C)OC(=O)N1CC(F)CC1C(=O)F. The van der Waals surface area contributed by atoms with Crippen LogP contribution in [0.4, 0.5) is 13.6 Å². The minimum atomic E-state index is -1.70. The number of hydrogen-bond donors (Lipinski definition) is 0. The molecule has 0 bridgehead atoms. The zero-order chi connectivity index (χ0) is 12.5. The molecular formula is C10H15F2NO3. The first-order chi connectivity index (χ1) is 7.20. The normalized spacial score (nSPS) is 25.7. The summed E-state index contributed by atoms with van der Waals surface area (Å²) in [4.78, 5) is 22.9. The quantitative estimate of drug-likeness (QED) is 0.651. The summed E-state index contributed by atoms with van der Waals surface area (Å²) < 4.78 is 30.5. The Bertz CT molecular complexity index is 301. The predicted octanol–water partition coefficient (Wildman–Crippen LogP) is 1.83. The van der Waals surface area contributed by atoms with Crippen LogP contribution in [-0.2, 0) is 9.53 Å². The average molecular weight is 235 g/mol. The minimum Gasteiger partial charge on any atom is -0.444 e. The summed E-state index contributed by atoms with van der Waals surface area (Å²) in [5.41, 5.74) is -0.755. The monoisotopic (exact) mass is 235 g/mol. The van der Waals surface area contributed by atoms with E-state index in [0.717, 1.165) is 4.90 Å². The van der Waals surface area contributed by atoms with Crippen LogP contribution in [0.1, 0.15) is 27.2 Å². The maximum Gasteiger partial charge on any atom is 0.411 e. The van der Waals surface area contributed by atoms with Gasteiger partial charge in [0.2, 0.25) is 0 Å². The number of halogens is 2. The minimum absolute atomic E-state index is 0.296. The lowest BCUT2D eigenvalue weighted by atomic mass is 10.2. The van der Waals surface area contributed by atoms with Gasteiger partial charge in [0.1, 0.15) is 17.8 Å².